The summed E-state index contributed by atoms with van der Waals surface area (Å²) < 4.78 is 2.11. The lowest BCUT2D eigenvalue weighted by Gasteiger charge is -2.29. The van der Waals surface area contributed by atoms with Gasteiger partial charge in [-0.25, -0.2) is 4.98 Å². The quantitative estimate of drug-likeness (QED) is 0.865. The molecule has 2 aromatic rings. The Hall–Kier alpha value is -1.39. The van der Waals surface area contributed by atoms with Gasteiger partial charge in [0.15, 0.2) is 0 Å². The summed E-state index contributed by atoms with van der Waals surface area (Å²) in [7, 11) is 0. The van der Waals surface area contributed by atoms with Crippen LogP contribution in [0.1, 0.15) is 25.0 Å². The van der Waals surface area contributed by atoms with Crippen molar-refractivity contribution in [2.75, 3.05) is 13.2 Å². The van der Waals surface area contributed by atoms with E-state index in [9.17, 15) is 5.11 Å². The zero-order valence-electron chi connectivity index (χ0n) is 12.2. The molecule has 0 bridgehead atoms. The van der Waals surface area contributed by atoms with E-state index >= 15 is 0 Å². The first kappa shape index (κ1) is 14.0. The molecule has 0 aliphatic heterocycles. The van der Waals surface area contributed by atoms with Gasteiger partial charge in [0.2, 0.25) is 0 Å². The summed E-state index contributed by atoms with van der Waals surface area (Å²) >= 11 is 0. The summed E-state index contributed by atoms with van der Waals surface area (Å²) in [6.07, 6.45) is 1.86. The number of aliphatic hydroxyl groups is 1. The number of aliphatic hydroxyl groups excluding tert-OH is 1. The van der Waals surface area contributed by atoms with E-state index < -0.39 is 0 Å². The first-order chi connectivity index (χ1) is 8.99. The minimum Gasteiger partial charge on any atom is -0.394 e. The summed E-state index contributed by atoms with van der Waals surface area (Å²) in [6, 6.07) is 4.28. The van der Waals surface area contributed by atoms with Crippen LogP contribution in [-0.2, 0) is 6.54 Å². The maximum absolute atomic E-state index is 9.59. The van der Waals surface area contributed by atoms with E-state index in [1.165, 1.54) is 11.1 Å². The topological polar surface area (TPSA) is 50.1 Å². The Morgan fingerprint density at radius 3 is 2.63 bits per heavy atom. The van der Waals surface area contributed by atoms with Crippen LogP contribution in [0.3, 0.4) is 0 Å². The number of rotatable bonds is 5. The predicted molar refractivity (Wildman–Crippen MR) is 78.4 cm³/mol. The van der Waals surface area contributed by atoms with Gasteiger partial charge in [0.1, 0.15) is 0 Å². The second-order valence-corrected chi connectivity index (χ2v) is 5.55. The van der Waals surface area contributed by atoms with E-state index in [1.54, 1.807) is 0 Å². The van der Waals surface area contributed by atoms with Crippen LogP contribution in [0.4, 0.5) is 0 Å². The standard InChI is InChI=1S/C15H23N3O/c1-5-17-15(4,9-19)8-18-10-16-13-6-11(2)12(3)7-14(13)18/h6-7,10,17,19H,5,8-9H2,1-4H3. The number of hydrogen-bond donors (Lipinski definition) is 2. The van der Waals surface area contributed by atoms with Crippen LogP contribution in [0.15, 0.2) is 18.5 Å². The highest BCUT2D eigenvalue weighted by molar-refractivity contribution is 5.77. The molecular formula is C15H23N3O. The van der Waals surface area contributed by atoms with Gasteiger partial charge in [-0.2, -0.15) is 0 Å². The molecule has 0 aliphatic carbocycles. The number of nitrogens with zero attached hydrogens (tertiary/aromatic N) is 2. The molecule has 0 saturated carbocycles. The van der Waals surface area contributed by atoms with Crippen molar-refractivity contribution in [1.29, 1.82) is 0 Å². The molecule has 1 atom stereocenters. The SMILES string of the molecule is CCNC(C)(CO)Cn1cnc2cc(C)c(C)cc21. The number of fused-ring (bicyclic) bond motifs is 1. The molecule has 0 saturated heterocycles. The first-order valence-corrected chi connectivity index (χ1v) is 6.77. The molecule has 2 N–H and O–H groups in total. The lowest BCUT2D eigenvalue weighted by Crippen LogP contribution is -2.48. The molecule has 0 aliphatic rings. The average molecular weight is 261 g/mol. The normalized spacial score (nSPS) is 14.8. The van der Waals surface area contributed by atoms with E-state index in [0.717, 1.165) is 17.6 Å². The Morgan fingerprint density at radius 1 is 1.32 bits per heavy atom. The molecule has 1 unspecified atom stereocenters. The average Bonchev–Trinajstić information content (AvgIpc) is 2.73. The van der Waals surface area contributed by atoms with Crippen LogP contribution >= 0.6 is 0 Å². The van der Waals surface area contributed by atoms with Gasteiger partial charge in [-0.15, -0.1) is 0 Å². The monoisotopic (exact) mass is 261 g/mol. The molecule has 4 heteroatoms. The van der Waals surface area contributed by atoms with Crippen molar-refractivity contribution in [3.05, 3.63) is 29.6 Å². The number of imidazole rings is 1. The van der Waals surface area contributed by atoms with Gasteiger partial charge in [0.05, 0.1) is 29.5 Å². The van der Waals surface area contributed by atoms with E-state index in [1.807, 2.05) is 20.2 Å². The van der Waals surface area contributed by atoms with Gasteiger partial charge in [0.25, 0.3) is 0 Å². The second kappa shape index (κ2) is 5.31. The molecule has 19 heavy (non-hydrogen) atoms. The number of aryl methyl sites for hydroxylation is 2. The molecule has 104 valence electrons. The molecule has 0 spiro atoms. The summed E-state index contributed by atoms with van der Waals surface area (Å²) in [5, 5.41) is 12.9. The summed E-state index contributed by atoms with van der Waals surface area (Å²) in [6.45, 7) is 9.94. The fourth-order valence-corrected chi connectivity index (χ4v) is 2.40. The molecule has 0 amide bonds. The van der Waals surface area contributed by atoms with Crippen molar-refractivity contribution >= 4 is 11.0 Å². The highest BCUT2D eigenvalue weighted by atomic mass is 16.3. The predicted octanol–water partition coefficient (Wildman–Crippen LogP) is 2.01. The van der Waals surface area contributed by atoms with Gasteiger partial charge >= 0.3 is 0 Å². The Kier molecular flexibility index (Phi) is 3.92. The van der Waals surface area contributed by atoms with Crippen molar-refractivity contribution in [1.82, 2.24) is 14.9 Å². The zero-order valence-corrected chi connectivity index (χ0v) is 12.2. The highest BCUT2D eigenvalue weighted by Crippen LogP contribution is 2.20. The summed E-state index contributed by atoms with van der Waals surface area (Å²) in [5.41, 5.74) is 4.35. The zero-order chi connectivity index (χ0) is 14.0. The maximum atomic E-state index is 9.59. The van der Waals surface area contributed by atoms with Crippen LogP contribution in [0.5, 0.6) is 0 Å². The molecule has 4 nitrogen and oxygen atoms in total. The van der Waals surface area contributed by atoms with Gasteiger partial charge in [-0.1, -0.05) is 6.92 Å². The number of likely N-dealkylation sites (N-methyl/N-ethyl adjacent to an activating group) is 1. The number of nitrogens with one attached hydrogen (secondary N) is 1. The van der Waals surface area contributed by atoms with Crippen molar-refractivity contribution < 1.29 is 5.11 Å². The van der Waals surface area contributed by atoms with Crippen LogP contribution in [0, 0.1) is 13.8 Å². The minimum absolute atomic E-state index is 0.103. The third-order valence-corrected chi connectivity index (χ3v) is 3.71. The van der Waals surface area contributed by atoms with Crippen LogP contribution < -0.4 is 5.32 Å². The number of aromatic nitrogens is 2. The molecule has 2 rings (SSSR count). The largest absolute Gasteiger partial charge is 0.394 e. The molecule has 0 fully saturated rings. The van der Waals surface area contributed by atoms with E-state index in [-0.39, 0.29) is 12.1 Å². The summed E-state index contributed by atoms with van der Waals surface area (Å²) in [5.74, 6) is 0. The Morgan fingerprint density at radius 2 is 2.00 bits per heavy atom. The van der Waals surface area contributed by atoms with Crippen molar-refractivity contribution in [2.24, 2.45) is 0 Å². The van der Waals surface area contributed by atoms with Gasteiger partial charge in [0, 0.05) is 6.54 Å². The second-order valence-electron chi connectivity index (χ2n) is 5.55. The number of benzene rings is 1. The Bertz CT molecular complexity index is 576. The lowest BCUT2D eigenvalue weighted by atomic mass is 10.0. The number of hydrogen-bond acceptors (Lipinski definition) is 3. The van der Waals surface area contributed by atoms with Gasteiger partial charge < -0.3 is 15.0 Å². The third kappa shape index (κ3) is 2.80. The van der Waals surface area contributed by atoms with Gasteiger partial charge in [-0.3, -0.25) is 0 Å². The summed E-state index contributed by atoms with van der Waals surface area (Å²) in [4.78, 5) is 4.45. The van der Waals surface area contributed by atoms with E-state index in [4.69, 9.17) is 0 Å². The van der Waals surface area contributed by atoms with Crippen molar-refractivity contribution in [2.45, 2.75) is 39.8 Å². The fraction of sp³-hybridized carbons (Fsp3) is 0.533. The Labute approximate surface area is 114 Å². The molecule has 1 aromatic heterocycles. The maximum Gasteiger partial charge on any atom is 0.0958 e. The van der Waals surface area contributed by atoms with Crippen LogP contribution in [-0.4, -0.2) is 33.3 Å². The van der Waals surface area contributed by atoms with Gasteiger partial charge in [-0.05, 0) is 50.6 Å². The van der Waals surface area contributed by atoms with Crippen molar-refractivity contribution in [3.63, 3.8) is 0 Å². The molecular weight excluding hydrogens is 238 g/mol. The van der Waals surface area contributed by atoms with Crippen molar-refractivity contribution in [3.8, 4) is 0 Å². The first-order valence-electron chi connectivity index (χ1n) is 6.77. The minimum atomic E-state index is -0.318. The lowest BCUT2D eigenvalue weighted by molar-refractivity contribution is 0.160. The third-order valence-electron chi connectivity index (χ3n) is 3.71. The van der Waals surface area contributed by atoms with E-state index in [0.29, 0.717) is 6.54 Å². The fourth-order valence-electron chi connectivity index (χ4n) is 2.40. The Balaban J connectivity index is 2.38. The molecule has 1 aromatic carbocycles. The smallest absolute Gasteiger partial charge is 0.0958 e. The van der Waals surface area contributed by atoms with Crippen LogP contribution in [0.2, 0.25) is 0 Å². The van der Waals surface area contributed by atoms with E-state index in [2.05, 4.69) is 40.8 Å². The molecule has 1 heterocycles. The van der Waals surface area contributed by atoms with Crippen LogP contribution in [0.25, 0.3) is 11.0 Å². The highest BCUT2D eigenvalue weighted by Gasteiger charge is 2.23. The molecule has 0 radical (unpaired) electrons.